The van der Waals surface area contributed by atoms with Gasteiger partial charge in [-0.2, -0.15) is 0 Å². The number of aromatic nitrogens is 1. The van der Waals surface area contributed by atoms with E-state index in [1.807, 2.05) is 43.6 Å². The van der Waals surface area contributed by atoms with E-state index in [4.69, 9.17) is 4.74 Å². The van der Waals surface area contributed by atoms with Gasteiger partial charge < -0.3 is 19.9 Å². The average molecular weight is 382 g/mol. The number of rotatable bonds is 7. The summed E-state index contributed by atoms with van der Waals surface area (Å²) in [5, 5.41) is 3.50. The van der Waals surface area contributed by atoms with Crippen molar-refractivity contribution in [1.82, 2.24) is 15.2 Å². The molecular formula is C22H31N5O. The normalized spacial score (nSPS) is 16.1. The maximum atomic E-state index is 5.85. The van der Waals surface area contributed by atoms with Crippen LogP contribution in [0.15, 0.2) is 59.7 Å². The van der Waals surface area contributed by atoms with Gasteiger partial charge in [0, 0.05) is 46.0 Å². The molecule has 6 nitrogen and oxygen atoms in total. The van der Waals surface area contributed by atoms with E-state index < -0.39 is 0 Å². The van der Waals surface area contributed by atoms with Crippen molar-refractivity contribution in [3.63, 3.8) is 0 Å². The Hall–Kier alpha value is -2.60. The van der Waals surface area contributed by atoms with Crippen LogP contribution in [0, 0.1) is 5.92 Å². The Balaban J connectivity index is 1.37. The zero-order valence-corrected chi connectivity index (χ0v) is 16.9. The minimum atomic E-state index is 0.412. The number of guanidine groups is 1. The zero-order valence-electron chi connectivity index (χ0n) is 16.9. The SMILES string of the molecule is CN=C(NCC(C)COCc1ccccc1)N1CCN(c2ccccn2)CC1. The van der Waals surface area contributed by atoms with E-state index in [0.717, 1.165) is 51.1 Å². The van der Waals surface area contributed by atoms with E-state index in [9.17, 15) is 0 Å². The number of nitrogens with zero attached hydrogens (tertiary/aromatic N) is 4. The molecule has 1 unspecified atom stereocenters. The van der Waals surface area contributed by atoms with Crippen molar-refractivity contribution in [2.75, 3.05) is 51.3 Å². The second-order valence-corrected chi connectivity index (χ2v) is 7.20. The van der Waals surface area contributed by atoms with E-state index in [2.05, 4.69) is 50.2 Å². The average Bonchev–Trinajstić information content (AvgIpc) is 2.76. The molecule has 0 spiro atoms. The van der Waals surface area contributed by atoms with Crippen LogP contribution in [0.3, 0.4) is 0 Å². The zero-order chi connectivity index (χ0) is 19.6. The maximum absolute atomic E-state index is 5.85. The third-order valence-corrected chi connectivity index (χ3v) is 4.89. The summed E-state index contributed by atoms with van der Waals surface area (Å²) >= 11 is 0. The molecule has 1 N–H and O–H groups in total. The summed E-state index contributed by atoms with van der Waals surface area (Å²) in [6.45, 7) is 8.22. The summed E-state index contributed by atoms with van der Waals surface area (Å²) in [5.74, 6) is 2.43. The van der Waals surface area contributed by atoms with Crippen LogP contribution in [0.2, 0.25) is 0 Å². The number of ether oxygens (including phenoxy) is 1. The topological polar surface area (TPSA) is 53.0 Å². The molecule has 1 aliphatic rings. The highest BCUT2D eigenvalue weighted by Crippen LogP contribution is 2.12. The lowest BCUT2D eigenvalue weighted by Crippen LogP contribution is -2.53. The molecule has 1 fully saturated rings. The first-order valence-corrected chi connectivity index (χ1v) is 9.99. The quantitative estimate of drug-likeness (QED) is 0.590. The number of piperazine rings is 1. The van der Waals surface area contributed by atoms with Gasteiger partial charge in [-0.3, -0.25) is 4.99 Å². The fourth-order valence-corrected chi connectivity index (χ4v) is 3.30. The number of nitrogens with one attached hydrogen (secondary N) is 1. The van der Waals surface area contributed by atoms with E-state index in [1.165, 1.54) is 5.56 Å². The van der Waals surface area contributed by atoms with Gasteiger partial charge in [-0.1, -0.05) is 43.3 Å². The number of pyridine rings is 1. The summed E-state index contributed by atoms with van der Waals surface area (Å²) in [6, 6.07) is 16.4. The molecule has 150 valence electrons. The first kappa shape index (κ1) is 20.1. The largest absolute Gasteiger partial charge is 0.376 e. The molecule has 0 saturated carbocycles. The molecule has 6 heteroatoms. The third-order valence-electron chi connectivity index (χ3n) is 4.89. The molecule has 1 atom stereocenters. The van der Waals surface area contributed by atoms with Crippen LogP contribution in [0.5, 0.6) is 0 Å². The molecule has 2 heterocycles. The van der Waals surface area contributed by atoms with Crippen molar-refractivity contribution >= 4 is 11.8 Å². The molecule has 28 heavy (non-hydrogen) atoms. The minimum absolute atomic E-state index is 0.412. The van der Waals surface area contributed by atoms with Crippen molar-refractivity contribution in [2.45, 2.75) is 13.5 Å². The van der Waals surface area contributed by atoms with Crippen molar-refractivity contribution in [3.05, 3.63) is 60.3 Å². The summed E-state index contributed by atoms with van der Waals surface area (Å²) < 4.78 is 5.85. The van der Waals surface area contributed by atoms with Gasteiger partial charge in [-0.15, -0.1) is 0 Å². The fraction of sp³-hybridized carbons (Fsp3) is 0.455. The Bertz CT molecular complexity index is 714. The number of aliphatic imine (C=N–C) groups is 1. The van der Waals surface area contributed by atoms with Gasteiger partial charge in [0.25, 0.3) is 0 Å². The van der Waals surface area contributed by atoms with Crippen LogP contribution < -0.4 is 10.2 Å². The van der Waals surface area contributed by atoms with Crippen molar-refractivity contribution < 1.29 is 4.74 Å². The molecule has 0 bridgehead atoms. The molecule has 1 aliphatic heterocycles. The second kappa shape index (κ2) is 10.7. The van der Waals surface area contributed by atoms with Gasteiger partial charge in [0.2, 0.25) is 0 Å². The number of benzene rings is 1. The van der Waals surface area contributed by atoms with Gasteiger partial charge in [0.05, 0.1) is 13.2 Å². The fourth-order valence-electron chi connectivity index (χ4n) is 3.30. The minimum Gasteiger partial charge on any atom is -0.376 e. The van der Waals surface area contributed by atoms with Crippen LogP contribution in [0.4, 0.5) is 5.82 Å². The van der Waals surface area contributed by atoms with Crippen LogP contribution >= 0.6 is 0 Å². The second-order valence-electron chi connectivity index (χ2n) is 7.20. The van der Waals surface area contributed by atoms with Crippen LogP contribution in [0.25, 0.3) is 0 Å². The molecule has 1 aromatic carbocycles. The van der Waals surface area contributed by atoms with Gasteiger partial charge >= 0.3 is 0 Å². The summed E-state index contributed by atoms with van der Waals surface area (Å²) in [5.41, 5.74) is 1.21. The lowest BCUT2D eigenvalue weighted by Gasteiger charge is -2.37. The van der Waals surface area contributed by atoms with Crippen molar-refractivity contribution in [3.8, 4) is 0 Å². The number of anilines is 1. The summed E-state index contributed by atoms with van der Waals surface area (Å²) in [7, 11) is 1.85. The van der Waals surface area contributed by atoms with E-state index in [1.54, 1.807) is 0 Å². The molecule has 3 rings (SSSR count). The Kier molecular flexibility index (Phi) is 7.67. The highest BCUT2D eigenvalue weighted by Gasteiger charge is 2.20. The molecule has 2 aromatic rings. The monoisotopic (exact) mass is 381 g/mol. The van der Waals surface area contributed by atoms with Gasteiger partial charge in [0.15, 0.2) is 5.96 Å². The van der Waals surface area contributed by atoms with Crippen molar-refractivity contribution in [1.29, 1.82) is 0 Å². The van der Waals surface area contributed by atoms with E-state index >= 15 is 0 Å². The molecule has 0 radical (unpaired) electrons. The summed E-state index contributed by atoms with van der Waals surface area (Å²) in [6.07, 6.45) is 1.85. The van der Waals surface area contributed by atoms with Gasteiger partial charge in [0.1, 0.15) is 5.82 Å². The van der Waals surface area contributed by atoms with E-state index in [0.29, 0.717) is 12.5 Å². The van der Waals surface area contributed by atoms with Crippen molar-refractivity contribution in [2.24, 2.45) is 10.9 Å². The van der Waals surface area contributed by atoms with Crippen LogP contribution in [-0.2, 0) is 11.3 Å². The third kappa shape index (κ3) is 5.96. The lowest BCUT2D eigenvalue weighted by molar-refractivity contribution is 0.0929. The number of hydrogen-bond donors (Lipinski definition) is 1. The smallest absolute Gasteiger partial charge is 0.193 e. The molecule has 1 aromatic heterocycles. The Morgan fingerprint density at radius 2 is 1.86 bits per heavy atom. The first-order chi connectivity index (χ1) is 13.8. The maximum Gasteiger partial charge on any atom is 0.193 e. The van der Waals surface area contributed by atoms with Gasteiger partial charge in [-0.05, 0) is 23.6 Å². The van der Waals surface area contributed by atoms with E-state index in [-0.39, 0.29) is 0 Å². The predicted octanol–water partition coefficient (Wildman–Crippen LogP) is 2.63. The highest BCUT2D eigenvalue weighted by atomic mass is 16.5. The lowest BCUT2D eigenvalue weighted by atomic mass is 10.2. The predicted molar refractivity (Wildman–Crippen MR) is 115 cm³/mol. The Morgan fingerprint density at radius 1 is 1.11 bits per heavy atom. The summed E-state index contributed by atoms with van der Waals surface area (Å²) in [4.78, 5) is 13.6. The van der Waals surface area contributed by atoms with Crippen LogP contribution in [-0.4, -0.2) is 62.2 Å². The molecule has 1 saturated heterocycles. The highest BCUT2D eigenvalue weighted by molar-refractivity contribution is 5.80. The van der Waals surface area contributed by atoms with Gasteiger partial charge in [-0.25, -0.2) is 4.98 Å². The molecule has 0 aliphatic carbocycles. The number of hydrogen-bond acceptors (Lipinski definition) is 4. The standard InChI is InChI=1S/C22H31N5O/c1-19(17-28-18-20-8-4-3-5-9-20)16-25-22(23-2)27-14-12-26(13-15-27)21-10-6-7-11-24-21/h3-11,19H,12-18H2,1-2H3,(H,23,25). The molecule has 0 amide bonds. The first-order valence-electron chi connectivity index (χ1n) is 9.99. The van der Waals surface area contributed by atoms with Crippen LogP contribution in [0.1, 0.15) is 12.5 Å². The Labute approximate surface area is 168 Å². The molecular weight excluding hydrogens is 350 g/mol. The Morgan fingerprint density at radius 3 is 2.54 bits per heavy atom.